The highest BCUT2D eigenvalue weighted by molar-refractivity contribution is 7.27. The number of benzene rings is 6. The summed E-state index contributed by atoms with van der Waals surface area (Å²) in [5.41, 5.74) is 8.27. The summed E-state index contributed by atoms with van der Waals surface area (Å²) in [6.07, 6.45) is 3.86. The lowest BCUT2D eigenvalue weighted by Gasteiger charge is -2.26. The largest absolute Gasteiger partial charge is 0.309 e. The third kappa shape index (κ3) is 4.23. The molecule has 0 atom stereocenters. The molecule has 0 unspecified atom stereocenters. The Kier molecular flexibility index (Phi) is 6.02. The lowest BCUT2D eigenvalue weighted by atomic mass is 10.0. The highest BCUT2D eigenvalue weighted by Crippen LogP contribution is 2.46. The first-order valence-electron chi connectivity index (χ1n) is 14.1. The van der Waals surface area contributed by atoms with Crippen molar-refractivity contribution < 1.29 is 0 Å². The van der Waals surface area contributed by atoms with Gasteiger partial charge >= 0.3 is 0 Å². The Hall–Kier alpha value is -5.25. The third-order valence-corrected chi connectivity index (χ3v) is 9.25. The van der Waals surface area contributed by atoms with Gasteiger partial charge in [-0.05, 0) is 64.0 Å². The van der Waals surface area contributed by atoms with Gasteiger partial charge in [-0.2, -0.15) is 0 Å². The first-order valence-corrected chi connectivity index (χ1v) is 14.9. The van der Waals surface area contributed by atoms with E-state index in [0.29, 0.717) is 0 Å². The molecule has 0 aliphatic heterocycles. The van der Waals surface area contributed by atoms with Crippen LogP contribution < -0.4 is 4.90 Å². The van der Waals surface area contributed by atoms with Gasteiger partial charge in [0, 0.05) is 44.6 Å². The zero-order chi connectivity index (χ0) is 27.9. The van der Waals surface area contributed by atoms with Crippen molar-refractivity contribution in [2.24, 2.45) is 0 Å². The molecule has 2 aromatic heterocycles. The maximum absolute atomic E-state index is 4.45. The smallest absolute Gasteiger partial charge is 0.0640 e. The zero-order valence-corrected chi connectivity index (χ0v) is 23.6. The fourth-order valence-electron chi connectivity index (χ4n) is 5.87. The molecule has 0 N–H and O–H groups in total. The van der Waals surface area contributed by atoms with Crippen molar-refractivity contribution >= 4 is 59.3 Å². The molecular weight excluding hydrogens is 529 g/mol. The van der Waals surface area contributed by atoms with Crippen molar-refractivity contribution in [1.82, 2.24) is 4.98 Å². The summed E-state index contributed by atoms with van der Waals surface area (Å²) in [6.45, 7) is 0. The number of aromatic nitrogens is 1. The average Bonchev–Trinajstić information content (AvgIpc) is 3.47. The molecule has 42 heavy (non-hydrogen) atoms. The topological polar surface area (TPSA) is 16.1 Å². The molecule has 0 amide bonds. The number of rotatable bonds is 5. The summed E-state index contributed by atoms with van der Waals surface area (Å²) >= 11 is 1.85. The summed E-state index contributed by atoms with van der Waals surface area (Å²) in [4.78, 5) is 6.84. The summed E-state index contributed by atoms with van der Waals surface area (Å²) in [5.74, 6) is 0. The molecule has 6 aromatic carbocycles. The van der Waals surface area contributed by atoms with Crippen LogP contribution in [-0.4, -0.2) is 4.98 Å². The molecule has 2 nitrogen and oxygen atoms in total. The molecule has 0 saturated carbocycles. The van der Waals surface area contributed by atoms with E-state index in [0.717, 1.165) is 11.4 Å². The van der Waals surface area contributed by atoms with Gasteiger partial charge in [0.05, 0.1) is 10.4 Å². The number of hydrogen-bond donors (Lipinski definition) is 0. The van der Waals surface area contributed by atoms with Crippen LogP contribution in [0.2, 0.25) is 0 Å². The number of hydrogen-bond acceptors (Lipinski definition) is 3. The second kappa shape index (κ2) is 10.3. The van der Waals surface area contributed by atoms with Gasteiger partial charge in [-0.1, -0.05) is 109 Å². The molecule has 8 aromatic rings. The minimum Gasteiger partial charge on any atom is -0.309 e. The molecule has 198 valence electrons. The van der Waals surface area contributed by atoms with E-state index in [1.165, 1.54) is 58.9 Å². The van der Waals surface area contributed by atoms with Crippen molar-refractivity contribution in [1.29, 1.82) is 0 Å². The Morgan fingerprint density at radius 1 is 0.429 bits per heavy atom. The van der Waals surface area contributed by atoms with Crippen LogP contribution in [0.3, 0.4) is 0 Å². The van der Waals surface area contributed by atoms with Crippen LogP contribution in [0.5, 0.6) is 0 Å². The maximum atomic E-state index is 4.45. The molecule has 0 fully saturated rings. The van der Waals surface area contributed by atoms with Gasteiger partial charge in [0.1, 0.15) is 0 Å². The molecular formula is C39H26N2S. The normalized spacial score (nSPS) is 11.3. The number of nitrogens with zero attached hydrogens (tertiary/aromatic N) is 2. The van der Waals surface area contributed by atoms with Crippen molar-refractivity contribution in [3.8, 4) is 22.3 Å². The van der Waals surface area contributed by atoms with Gasteiger partial charge in [-0.25, -0.2) is 0 Å². The lowest BCUT2D eigenvalue weighted by Crippen LogP contribution is -2.10. The van der Waals surface area contributed by atoms with Crippen LogP contribution >= 0.6 is 11.3 Å². The van der Waals surface area contributed by atoms with Crippen LogP contribution in [0.1, 0.15) is 0 Å². The number of pyridine rings is 1. The van der Waals surface area contributed by atoms with Gasteiger partial charge in [-0.15, -0.1) is 11.3 Å². The van der Waals surface area contributed by atoms with Gasteiger partial charge in [-0.3, -0.25) is 4.98 Å². The van der Waals surface area contributed by atoms with E-state index in [1.54, 1.807) is 0 Å². The quantitative estimate of drug-likeness (QED) is 0.210. The fraction of sp³-hybridized carbons (Fsp3) is 0. The molecule has 8 rings (SSSR count). The number of thiophene rings is 1. The van der Waals surface area contributed by atoms with Crippen molar-refractivity contribution in [3.63, 3.8) is 0 Å². The monoisotopic (exact) mass is 554 g/mol. The Balaban J connectivity index is 1.32. The summed E-state index contributed by atoms with van der Waals surface area (Å²) in [7, 11) is 0. The average molecular weight is 555 g/mol. The van der Waals surface area contributed by atoms with Crippen molar-refractivity contribution in [2.75, 3.05) is 4.90 Å². The van der Waals surface area contributed by atoms with Crippen LogP contribution in [0.15, 0.2) is 158 Å². The van der Waals surface area contributed by atoms with E-state index in [1.807, 2.05) is 23.7 Å². The van der Waals surface area contributed by atoms with Crippen molar-refractivity contribution in [3.05, 3.63) is 158 Å². The van der Waals surface area contributed by atoms with Crippen LogP contribution in [0.25, 0.3) is 53.2 Å². The van der Waals surface area contributed by atoms with Crippen LogP contribution in [-0.2, 0) is 0 Å². The molecule has 0 aliphatic rings. The van der Waals surface area contributed by atoms with E-state index in [2.05, 4.69) is 155 Å². The minimum absolute atomic E-state index is 1.12. The van der Waals surface area contributed by atoms with Gasteiger partial charge < -0.3 is 4.90 Å². The van der Waals surface area contributed by atoms with Crippen LogP contribution in [0, 0.1) is 0 Å². The lowest BCUT2D eigenvalue weighted by molar-refractivity contribution is 1.30. The highest BCUT2D eigenvalue weighted by atomic mass is 32.1. The second-order valence-corrected chi connectivity index (χ2v) is 11.5. The molecule has 0 radical (unpaired) electrons. The molecule has 0 saturated heterocycles. The minimum atomic E-state index is 1.12. The zero-order valence-electron chi connectivity index (χ0n) is 22.8. The molecule has 3 heteroatoms. The standard InChI is InChI=1S/C39H26N2S/c1-3-8-27(9-4-1)29-14-19-32(20-15-29)41(33-21-16-30(17-22-33)28-10-5-2-6-11-28)37-13-7-12-34-35-23-18-31-24-25-40-26-36(31)38(35)42-39(34)37/h1-26H. The molecule has 2 heterocycles. The first kappa shape index (κ1) is 24.5. The highest BCUT2D eigenvalue weighted by Gasteiger charge is 2.19. The second-order valence-electron chi connectivity index (χ2n) is 10.5. The Morgan fingerprint density at radius 2 is 1.00 bits per heavy atom. The summed E-state index contributed by atoms with van der Waals surface area (Å²) in [6, 6.07) is 52.2. The summed E-state index contributed by atoms with van der Waals surface area (Å²) in [5, 5.41) is 4.96. The SMILES string of the molecule is c1ccc(-c2ccc(N(c3ccc(-c4ccccc4)cc3)c3cccc4c3sc3c5cnccc5ccc43)cc2)cc1. The third-order valence-electron chi connectivity index (χ3n) is 7.97. The number of anilines is 3. The van der Waals surface area contributed by atoms with Crippen LogP contribution in [0.4, 0.5) is 17.1 Å². The molecule has 0 spiro atoms. The predicted octanol–water partition coefficient (Wildman–Crippen LogP) is 11.4. The Morgan fingerprint density at radius 3 is 1.62 bits per heavy atom. The molecule has 0 aliphatic carbocycles. The van der Waals surface area contributed by atoms with Gasteiger partial charge in [0.2, 0.25) is 0 Å². The van der Waals surface area contributed by atoms with E-state index in [9.17, 15) is 0 Å². The van der Waals surface area contributed by atoms with E-state index < -0.39 is 0 Å². The Bertz CT molecular complexity index is 2080. The first-order chi connectivity index (χ1) is 20.8. The van der Waals surface area contributed by atoms with E-state index in [4.69, 9.17) is 0 Å². The Labute approximate surface area is 248 Å². The van der Waals surface area contributed by atoms with Gasteiger partial charge in [0.15, 0.2) is 0 Å². The fourth-order valence-corrected chi connectivity index (χ4v) is 7.20. The van der Waals surface area contributed by atoms with E-state index >= 15 is 0 Å². The predicted molar refractivity (Wildman–Crippen MR) is 180 cm³/mol. The van der Waals surface area contributed by atoms with Gasteiger partial charge in [0.25, 0.3) is 0 Å². The van der Waals surface area contributed by atoms with Crippen molar-refractivity contribution in [2.45, 2.75) is 0 Å². The summed E-state index contributed by atoms with van der Waals surface area (Å²) < 4.78 is 2.55. The number of fused-ring (bicyclic) bond motifs is 5. The maximum Gasteiger partial charge on any atom is 0.0640 e. The van der Waals surface area contributed by atoms with E-state index in [-0.39, 0.29) is 0 Å². The molecule has 0 bridgehead atoms.